The highest BCUT2D eigenvalue weighted by atomic mass is 35.5. The normalized spacial score (nSPS) is 29.5. The molecule has 0 amide bonds. The summed E-state index contributed by atoms with van der Waals surface area (Å²) in [5.41, 5.74) is 1.15. The van der Waals surface area contributed by atoms with Crippen LogP contribution in [0.3, 0.4) is 0 Å². The smallest absolute Gasteiger partial charge is 0.0454 e. The van der Waals surface area contributed by atoms with E-state index >= 15 is 0 Å². The van der Waals surface area contributed by atoms with Gasteiger partial charge in [-0.3, -0.25) is 4.90 Å². The summed E-state index contributed by atoms with van der Waals surface area (Å²) in [7, 11) is 0. The van der Waals surface area contributed by atoms with Crippen LogP contribution < -0.4 is 5.32 Å². The molecule has 1 unspecified atom stereocenters. The van der Waals surface area contributed by atoms with Crippen molar-refractivity contribution in [1.29, 1.82) is 0 Å². The molecule has 0 bridgehead atoms. The lowest BCUT2D eigenvalue weighted by molar-refractivity contribution is 0.244. The van der Waals surface area contributed by atoms with E-state index in [-0.39, 0.29) is 0 Å². The van der Waals surface area contributed by atoms with Crippen LogP contribution in [0.25, 0.3) is 0 Å². The molecule has 18 heavy (non-hydrogen) atoms. The van der Waals surface area contributed by atoms with Crippen molar-refractivity contribution in [2.24, 2.45) is 11.8 Å². The fourth-order valence-electron chi connectivity index (χ4n) is 3.24. The first-order valence-electron chi connectivity index (χ1n) is 6.55. The maximum Gasteiger partial charge on any atom is 0.0454 e. The number of nitrogens with one attached hydrogen (secondary N) is 1. The number of hydrogen-bond donors (Lipinski definition) is 1. The molecule has 0 spiro atoms. The summed E-state index contributed by atoms with van der Waals surface area (Å²) in [5.74, 6) is 1.62. The van der Waals surface area contributed by atoms with Gasteiger partial charge in [-0.25, -0.2) is 0 Å². The molecular formula is C14H18Cl2N2. The van der Waals surface area contributed by atoms with E-state index in [0.29, 0.717) is 6.04 Å². The minimum atomic E-state index is 0.349. The van der Waals surface area contributed by atoms with Gasteiger partial charge in [0.2, 0.25) is 0 Å². The van der Waals surface area contributed by atoms with Crippen LogP contribution in [0.5, 0.6) is 0 Å². The Morgan fingerprint density at radius 1 is 1.22 bits per heavy atom. The summed E-state index contributed by atoms with van der Waals surface area (Å²) in [5, 5.41) is 5.06. The second-order valence-electron chi connectivity index (χ2n) is 5.47. The number of nitrogens with zero attached hydrogens (tertiary/aromatic N) is 1. The molecule has 0 aromatic heterocycles. The molecule has 0 saturated carbocycles. The van der Waals surface area contributed by atoms with Gasteiger partial charge in [0.25, 0.3) is 0 Å². The average Bonchev–Trinajstić information content (AvgIpc) is 2.91. The topological polar surface area (TPSA) is 15.3 Å². The van der Waals surface area contributed by atoms with E-state index in [1.807, 2.05) is 18.2 Å². The van der Waals surface area contributed by atoms with E-state index in [9.17, 15) is 0 Å². The zero-order chi connectivity index (χ0) is 12.7. The number of likely N-dealkylation sites (tertiary alicyclic amines) is 1. The third-order valence-corrected chi connectivity index (χ3v) is 4.95. The van der Waals surface area contributed by atoms with Crippen molar-refractivity contribution in [3.63, 3.8) is 0 Å². The fourth-order valence-corrected chi connectivity index (χ4v) is 3.70. The van der Waals surface area contributed by atoms with Crippen LogP contribution in [0, 0.1) is 11.8 Å². The highest BCUT2D eigenvalue weighted by Crippen LogP contribution is 2.35. The van der Waals surface area contributed by atoms with Crippen LogP contribution in [0.4, 0.5) is 0 Å². The maximum atomic E-state index is 6.29. The molecule has 0 aliphatic carbocycles. The second kappa shape index (κ2) is 5.01. The van der Waals surface area contributed by atoms with Crippen molar-refractivity contribution in [1.82, 2.24) is 10.2 Å². The number of rotatable bonds is 2. The molecule has 2 aliphatic heterocycles. The first kappa shape index (κ1) is 12.7. The number of hydrogen-bond acceptors (Lipinski definition) is 2. The van der Waals surface area contributed by atoms with Crippen LogP contribution in [-0.2, 0) is 0 Å². The predicted molar refractivity (Wildman–Crippen MR) is 76.3 cm³/mol. The predicted octanol–water partition coefficient (Wildman–Crippen LogP) is 3.21. The molecule has 1 aromatic carbocycles. The van der Waals surface area contributed by atoms with E-state index in [1.54, 1.807) is 0 Å². The molecule has 98 valence electrons. The Bertz CT molecular complexity index is 437. The van der Waals surface area contributed by atoms with Crippen LogP contribution in [0.15, 0.2) is 18.2 Å². The van der Waals surface area contributed by atoms with Gasteiger partial charge < -0.3 is 5.32 Å². The minimum Gasteiger partial charge on any atom is -0.316 e. The first-order chi connectivity index (χ1) is 8.65. The Labute approximate surface area is 118 Å². The van der Waals surface area contributed by atoms with Crippen LogP contribution in [0.2, 0.25) is 10.0 Å². The van der Waals surface area contributed by atoms with Crippen molar-refractivity contribution in [2.45, 2.75) is 13.0 Å². The Morgan fingerprint density at radius 3 is 2.56 bits per heavy atom. The van der Waals surface area contributed by atoms with Crippen molar-refractivity contribution >= 4 is 23.2 Å². The third kappa shape index (κ3) is 2.27. The van der Waals surface area contributed by atoms with E-state index in [2.05, 4.69) is 17.1 Å². The van der Waals surface area contributed by atoms with Crippen molar-refractivity contribution in [3.8, 4) is 0 Å². The molecule has 2 heterocycles. The average molecular weight is 285 g/mol. The Morgan fingerprint density at radius 2 is 1.89 bits per heavy atom. The van der Waals surface area contributed by atoms with Crippen molar-refractivity contribution in [3.05, 3.63) is 33.8 Å². The molecule has 2 aliphatic rings. The van der Waals surface area contributed by atoms with Gasteiger partial charge in [-0.2, -0.15) is 0 Å². The Kier molecular flexibility index (Phi) is 3.55. The van der Waals surface area contributed by atoms with Gasteiger partial charge in [-0.1, -0.05) is 23.2 Å². The summed E-state index contributed by atoms with van der Waals surface area (Å²) in [6.45, 7) is 6.89. The fraction of sp³-hybridized carbons (Fsp3) is 0.571. The van der Waals surface area contributed by atoms with E-state index in [0.717, 1.165) is 40.5 Å². The van der Waals surface area contributed by atoms with Gasteiger partial charge in [-0.05, 0) is 55.6 Å². The lowest BCUT2D eigenvalue weighted by Gasteiger charge is -2.26. The molecule has 3 rings (SSSR count). The van der Waals surface area contributed by atoms with Crippen molar-refractivity contribution in [2.75, 3.05) is 26.2 Å². The van der Waals surface area contributed by atoms with Gasteiger partial charge >= 0.3 is 0 Å². The SMILES string of the molecule is CC(c1cc(Cl)ccc1Cl)N1C[C@H]2CNC[C@H]2C1. The van der Waals surface area contributed by atoms with E-state index in [4.69, 9.17) is 23.2 Å². The maximum absolute atomic E-state index is 6.29. The van der Waals surface area contributed by atoms with Gasteiger partial charge in [0.05, 0.1) is 0 Å². The van der Waals surface area contributed by atoms with Crippen LogP contribution >= 0.6 is 23.2 Å². The van der Waals surface area contributed by atoms with Crippen molar-refractivity contribution < 1.29 is 0 Å². The Balaban J connectivity index is 1.78. The summed E-state index contributed by atoms with van der Waals surface area (Å²) >= 11 is 12.4. The Hall–Kier alpha value is -0.280. The summed E-state index contributed by atoms with van der Waals surface area (Å²) in [6, 6.07) is 6.10. The zero-order valence-electron chi connectivity index (χ0n) is 10.5. The highest BCUT2D eigenvalue weighted by molar-refractivity contribution is 6.33. The highest BCUT2D eigenvalue weighted by Gasteiger charge is 2.38. The lowest BCUT2D eigenvalue weighted by atomic mass is 10.0. The standard InChI is InChI=1S/C14H18Cl2N2/c1-9(13-4-12(15)2-3-14(13)16)18-7-10-5-17-6-11(10)8-18/h2-4,9-11,17H,5-8H2,1H3/t9?,10-,11+. The van der Waals surface area contributed by atoms with Gasteiger partial charge in [0, 0.05) is 29.2 Å². The molecule has 3 atom stereocenters. The molecule has 2 saturated heterocycles. The monoisotopic (exact) mass is 284 g/mol. The second-order valence-corrected chi connectivity index (χ2v) is 6.32. The molecule has 1 aromatic rings. The molecule has 0 radical (unpaired) electrons. The van der Waals surface area contributed by atoms with Crippen LogP contribution in [-0.4, -0.2) is 31.1 Å². The minimum absolute atomic E-state index is 0.349. The molecule has 2 fully saturated rings. The van der Waals surface area contributed by atoms with Gasteiger partial charge in [0.15, 0.2) is 0 Å². The summed E-state index contributed by atoms with van der Waals surface area (Å²) in [4.78, 5) is 2.54. The molecule has 4 heteroatoms. The summed E-state index contributed by atoms with van der Waals surface area (Å²) < 4.78 is 0. The lowest BCUT2D eigenvalue weighted by Crippen LogP contribution is -2.28. The molecule has 2 nitrogen and oxygen atoms in total. The zero-order valence-corrected chi connectivity index (χ0v) is 12.0. The quantitative estimate of drug-likeness (QED) is 0.897. The molecule has 1 N–H and O–H groups in total. The third-order valence-electron chi connectivity index (χ3n) is 4.37. The van der Waals surface area contributed by atoms with E-state index < -0.39 is 0 Å². The van der Waals surface area contributed by atoms with Crippen LogP contribution in [0.1, 0.15) is 18.5 Å². The number of fused-ring (bicyclic) bond motifs is 1. The number of benzene rings is 1. The summed E-state index contributed by atoms with van der Waals surface area (Å²) in [6.07, 6.45) is 0. The van der Waals surface area contributed by atoms with E-state index in [1.165, 1.54) is 13.1 Å². The van der Waals surface area contributed by atoms with Gasteiger partial charge in [-0.15, -0.1) is 0 Å². The van der Waals surface area contributed by atoms with Gasteiger partial charge in [0.1, 0.15) is 0 Å². The molecular weight excluding hydrogens is 267 g/mol. The first-order valence-corrected chi connectivity index (χ1v) is 7.30. The number of halogens is 2. The largest absolute Gasteiger partial charge is 0.316 e.